The molecular weight excluding hydrogens is 416 g/mol. The minimum atomic E-state index is -3.68. The zero-order chi connectivity index (χ0) is 22.6. The van der Waals surface area contributed by atoms with Crippen LogP contribution in [0.5, 0.6) is 0 Å². The van der Waals surface area contributed by atoms with Crippen molar-refractivity contribution in [1.82, 2.24) is 15.4 Å². The minimum Gasteiger partial charge on any atom is -0.352 e. The SMILES string of the molecule is CCNC(=O)c1cccc(CNC(=O)[C@@H](N=C2NS(=O)(=O)c3ccccc32)C(C)C)c1. The molecule has 1 atom stereocenters. The van der Waals surface area contributed by atoms with Crippen LogP contribution in [0, 0.1) is 5.92 Å². The fraction of sp³-hybridized carbons (Fsp3) is 0.318. The van der Waals surface area contributed by atoms with Crippen molar-refractivity contribution in [3.05, 3.63) is 65.2 Å². The van der Waals surface area contributed by atoms with E-state index in [-0.39, 0.29) is 35.0 Å². The molecular formula is C22H26N4O4S. The van der Waals surface area contributed by atoms with E-state index in [1.807, 2.05) is 26.8 Å². The van der Waals surface area contributed by atoms with Crippen LogP contribution in [0.1, 0.15) is 42.3 Å². The molecule has 1 heterocycles. The molecule has 164 valence electrons. The lowest BCUT2D eigenvalue weighted by atomic mass is 10.0. The molecule has 0 aliphatic carbocycles. The van der Waals surface area contributed by atoms with E-state index in [0.29, 0.717) is 17.7 Å². The van der Waals surface area contributed by atoms with E-state index in [1.165, 1.54) is 6.07 Å². The van der Waals surface area contributed by atoms with Crippen LogP contribution in [0.3, 0.4) is 0 Å². The first-order valence-electron chi connectivity index (χ1n) is 10.1. The smallest absolute Gasteiger partial charge is 0.263 e. The molecule has 2 aromatic carbocycles. The highest BCUT2D eigenvalue weighted by Gasteiger charge is 2.32. The fourth-order valence-corrected chi connectivity index (χ4v) is 4.50. The number of sulfonamides is 1. The molecule has 0 fully saturated rings. The molecule has 0 spiro atoms. The van der Waals surface area contributed by atoms with E-state index < -0.39 is 16.1 Å². The quantitative estimate of drug-likeness (QED) is 0.606. The second kappa shape index (κ2) is 9.30. The molecule has 2 amide bonds. The minimum absolute atomic E-state index is 0.152. The van der Waals surface area contributed by atoms with E-state index >= 15 is 0 Å². The Labute approximate surface area is 182 Å². The van der Waals surface area contributed by atoms with Crippen LogP contribution < -0.4 is 15.4 Å². The molecule has 3 rings (SSSR count). The van der Waals surface area contributed by atoms with Gasteiger partial charge in [0.05, 0.1) is 4.90 Å². The number of nitrogens with one attached hydrogen (secondary N) is 3. The molecule has 0 radical (unpaired) electrons. The van der Waals surface area contributed by atoms with Crippen molar-refractivity contribution < 1.29 is 18.0 Å². The van der Waals surface area contributed by atoms with Gasteiger partial charge in [-0.3, -0.25) is 19.3 Å². The van der Waals surface area contributed by atoms with Gasteiger partial charge in [0.25, 0.3) is 15.9 Å². The summed E-state index contributed by atoms with van der Waals surface area (Å²) in [6, 6.07) is 12.8. The number of rotatable bonds is 7. The van der Waals surface area contributed by atoms with Crippen LogP contribution in [-0.2, 0) is 21.4 Å². The second-order valence-electron chi connectivity index (χ2n) is 7.55. The zero-order valence-corrected chi connectivity index (χ0v) is 18.5. The molecule has 1 aliphatic heterocycles. The zero-order valence-electron chi connectivity index (χ0n) is 17.7. The monoisotopic (exact) mass is 442 g/mol. The van der Waals surface area contributed by atoms with E-state index in [0.717, 1.165) is 5.56 Å². The highest BCUT2D eigenvalue weighted by atomic mass is 32.2. The van der Waals surface area contributed by atoms with E-state index in [1.54, 1.807) is 36.4 Å². The summed E-state index contributed by atoms with van der Waals surface area (Å²) in [5.74, 6) is -0.488. The van der Waals surface area contributed by atoms with Crippen LogP contribution >= 0.6 is 0 Å². The van der Waals surface area contributed by atoms with Crippen molar-refractivity contribution >= 4 is 27.7 Å². The van der Waals surface area contributed by atoms with Crippen molar-refractivity contribution in [2.45, 2.75) is 38.3 Å². The van der Waals surface area contributed by atoms with Gasteiger partial charge in [-0.1, -0.05) is 38.1 Å². The number of benzene rings is 2. The lowest BCUT2D eigenvalue weighted by molar-refractivity contribution is -0.123. The van der Waals surface area contributed by atoms with Crippen LogP contribution in [0.25, 0.3) is 0 Å². The molecule has 0 saturated heterocycles. The fourth-order valence-electron chi connectivity index (χ4n) is 3.26. The van der Waals surface area contributed by atoms with Gasteiger partial charge in [-0.2, -0.15) is 0 Å². The molecule has 31 heavy (non-hydrogen) atoms. The highest BCUT2D eigenvalue weighted by molar-refractivity contribution is 7.90. The van der Waals surface area contributed by atoms with Gasteiger partial charge < -0.3 is 10.6 Å². The van der Waals surface area contributed by atoms with Crippen LogP contribution in [0.2, 0.25) is 0 Å². The first kappa shape index (κ1) is 22.5. The molecule has 1 aliphatic rings. The predicted molar refractivity (Wildman–Crippen MR) is 118 cm³/mol. The number of aliphatic imine (C=N–C) groups is 1. The van der Waals surface area contributed by atoms with E-state index in [2.05, 4.69) is 20.3 Å². The van der Waals surface area contributed by atoms with Gasteiger partial charge in [-0.05, 0) is 42.7 Å². The number of hydrogen-bond donors (Lipinski definition) is 3. The number of carbonyl (C=O) groups excluding carboxylic acids is 2. The Morgan fingerprint density at radius 1 is 1.06 bits per heavy atom. The third-order valence-corrected chi connectivity index (χ3v) is 6.22. The van der Waals surface area contributed by atoms with Crippen molar-refractivity contribution in [2.24, 2.45) is 10.9 Å². The molecule has 0 bridgehead atoms. The predicted octanol–water partition coefficient (Wildman–Crippen LogP) is 1.82. The number of amidine groups is 1. The molecule has 0 unspecified atom stereocenters. The summed E-state index contributed by atoms with van der Waals surface area (Å²) in [4.78, 5) is 29.5. The molecule has 2 aromatic rings. The standard InChI is InChI=1S/C22H26N4O4S/c1-4-23-21(27)16-9-7-8-15(12-16)13-24-22(28)19(14(2)3)25-20-17-10-5-6-11-18(17)31(29,30)26-20/h5-12,14,19H,4,13H2,1-3H3,(H,23,27)(H,24,28)(H,25,26)/t19-/m0/s1. The normalized spacial score (nSPS) is 16.5. The number of amides is 2. The maximum absolute atomic E-state index is 12.9. The first-order valence-corrected chi connectivity index (χ1v) is 11.6. The molecule has 8 nitrogen and oxygen atoms in total. The Kier molecular flexibility index (Phi) is 6.74. The molecule has 0 saturated carbocycles. The van der Waals surface area contributed by atoms with Crippen molar-refractivity contribution in [2.75, 3.05) is 6.54 Å². The largest absolute Gasteiger partial charge is 0.352 e. The summed E-state index contributed by atoms with van der Waals surface area (Å²) in [6.07, 6.45) is 0. The summed E-state index contributed by atoms with van der Waals surface area (Å²) in [5, 5.41) is 5.58. The van der Waals surface area contributed by atoms with Gasteiger partial charge in [-0.15, -0.1) is 0 Å². The molecule has 3 N–H and O–H groups in total. The first-order chi connectivity index (χ1) is 14.7. The summed E-state index contributed by atoms with van der Waals surface area (Å²) < 4.78 is 27.0. The van der Waals surface area contributed by atoms with Crippen LogP contribution in [0.15, 0.2) is 58.4 Å². The Bertz CT molecular complexity index is 1130. The Morgan fingerprint density at radius 3 is 2.52 bits per heavy atom. The lowest BCUT2D eigenvalue weighted by Gasteiger charge is -2.17. The van der Waals surface area contributed by atoms with Crippen molar-refractivity contribution in [3.63, 3.8) is 0 Å². The Morgan fingerprint density at radius 2 is 1.81 bits per heavy atom. The maximum atomic E-state index is 12.9. The number of fused-ring (bicyclic) bond motifs is 1. The van der Waals surface area contributed by atoms with Crippen molar-refractivity contribution in [3.8, 4) is 0 Å². The summed E-state index contributed by atoms with van der Waals surface area (Å²) >= 11 is 0. The third kappa shape index (κ3) is 5.11. The van der Waals surface area contributed by atoms with Crippen LogP contribution in [0.4, 0.5) is 0 Å². The summed E-state index contributed by atoms with van der Waals surface area (Å²) in [7, 11) is -3.68. The van der Waals surface area contributed by atoms with Gasteiger partial charge in [0.1, 0.15) is 11.9 Å². The molecule has 9 heteroatoms. The van der Waals surface area contributed by atoms with Gasteiger partial charge in [0.15, 0.2) is 0 Å². The van der Waals surface area contributed by atoms with Crippen LogP contribution in [-0.4, -0.2) is 38.7 Å². The maximum Gasteiger partial charge on any atom is 0.263 e. The Hall–Kier alpha value is -3.20. The summed E-state index contributed by atoms with van der Waals surface area (Å²) in [6.45, 7) is 6.29. The average molecular weight is 443 g/mol. The lowest BCUT2D eigenvalue weighted by Crippen LogP contribution is -2.38. The van der Waals surface area contributed by atoms with Gasteiger partial charge >= 0.3 is 0 Å². The van der Waals surface area contributed by atoms with Gasteiger partial charge in [0.2, 0.25) is 5.91 Å². The topological polar surface area (TPSA) is 117 Å². The average Bonchev–Trinajstić information content (AvgIpc) is 3.00. The van der Waals surface area contributed by atoms with Gasteiger partial charge in [0, 0.05) is 24.2 Å². The summed E-state index contributed by atoms with van der Waals surface area (Å²) in [5.41, 5.74) is 1.75. The van der Waals surface area contributed by atoms with E-state index in [9.17, 15) is 18.0 Å². The Balaban J connectivity index is 1.77. The van der Waals surface area contributed by atoms with Gasteiger partial charge in [-0.25, -0.2) is 8.42 Å². The highest BCUT2D eigenvalue weighted by Crippen LogP contribution is 2.23. The number of carbonyl (C=O) groups is 2. The van der Waals surface area contributed by atoms with E-state index in [4.69, 9.17) is 0 Å². The van der Waals surface area contributed by atoms with Crippen molar-refractivity contribution in [1.29, 1.82) is 0 Å². The number of hydrogen-bond acceptors (Lipinski definition) is 5. The second-order valence-corrected chi connectivity index (χ2v) is 9.20. The number of nitrogens with zero attached hydrogens (tertiary/aromatic N) is 1. The molecule has 0 aromatic heterocycles. The third-order valence-electron chi connectivity index (χ3n) is 4.82.